The van der Waals surface area contributed by atoms with Gasteiger partial charge in [0.05, 0.1) is 0 Å². The molecular formula is C52H44. The Balaban J connectivity index is 1.12. The molecule has 0 N–H and O–H groups in total. The van der Waals surface area contributed by atoms with E-state index in [1.165, 1.54) is 89.0 Å². The molecule has 0 aliphatic heterocycles. The molecule has 0 radical (unpaired) electrons. The largest absolute Gasteiger partial charge is 0.0622 e. The van der Waals surface area contributed by atoms with Crippen LogP contribution in [-0.2, 0) is 11.8 Å². The first-order valence-corrected chi connectivity index (χ1v) is 18.4. The van der Waals surface area contributed by atoms with Crippen LogP contribution in [-0.4, -0.2) is 0 Å². The van der Waals surface area contributed by atoms with Gasteiger partial charge in [-0.05, 0) is 104 Å². The van der Waals surface area contributed by atoms with Gasteiger partial charge >= 0.3 is 0 Å². The minimum atomic E-state index is -0.0292. The van der Waals surface area contributed by atoms with E-state index in [1.807, 2.05) is 0 Å². The molecule has 0 spiro atoms. The second-order valence-corrected chi connectivity index (χ2v) is 14.8. The number of fused-ring (bicyclic) bond motifs is 3. The van der Waals surface area contributed by atoms with Crippen molar-refractivity contribution in [3.05, 3.63) is 213 Å². The van der Waals surface area contributed by atoms with E-state index in [0.717, 1.165) is 6.42 Å². The Labute approximate surface area is 309 Å². The van der Waals surface area contributed by atoms with E-state index < -0.39 is 0 Å². The summed E-state index contributed by atoms with van der Waals surface area (Å²) in [5.41, 5.74) is 20.7. The zero-order valence-corrected chi connectivity index (χ0v) is 30.5. The third-order valence-corrected chi connectivity index (χ3v) is 10.8. The first-order chi connectivity index (χ1) is 25.3. The van der Waals surface area contributed by atoms with Crippen molar-refractivity contribution >= 4 is 24.3 Å². The highest BCUT2D eigenvalue weighted by Crippen LogP contribution is 2.49. The van der Waals surface area contributed by atoms with Gasteiger partial charge in [0, 0.05) is 5.41 Å². The second kappa shape index (κ2) is 14.0. The van der Waals surface area contributed by atoms with Gasteiger partial charge in [-0.15, -0.1) is 0 Å². The van der Waals surface area contributed by atoms with Gasteiger partial charge in [-0.25, -0.2) is 0 Å². The standard InChI is InChI=1S/C52H44/c1-36-15-29-48-49-30-22-40(34-51(49)52(3,4)50(48)31-36)33-47-35-45(27-20-38-16-23-43(24-17-38)41-11-7-5-8-12-41)37(2)32-46(47)28-21-39-18-25-44(26-19-39)42-13-9-6-10-14-42/h5-32,34-35H,33H2,1-4H3/b27-20?,28-21+. The SMILES string of the molecule is Cc1ccc2c(c1)C(C)(C)c1cc(Cc3cc(C=Cc4ccc(-c5ccccc5)cc4)c(C)cc3/C=C/c3ccc(-c4ccccc4)cc3)ccc1-2. The molecule has 52 heavy (non-hydrogen) atoms. The molecule has 0 heterocycles. The van der Waals surface area contributed by atoms with Crippen LogP contribution in [0.15, 0.2) is 158 Å². The number of hydrogen-bond acceptors (Lipinski definition) is 0. The Bertz CT molecular complexity index is 2420. The fourth-order valence-electron chi connectivity index (χ4n) is 7.72. The summed E-state index contributed by atoms with van der Waals surface area (Å²) < 4.78 is 0. The summed E-state index contributed by atoms with van der Waals surface area (Å²) in [5.74, 6) is 0. The van der Waals surface area contributed by atoms with Gasteiger partial charge in [-0.2, -0.15) is 0 Å². The Morgan fingerprint density at radius 1 is 0.442 bits per heavy atom. The van der Waals surface area contributed by atoms with Crippen LogP contribution in [0.25, 0.3) is 57.7 Å². The molecule has 7 aromatic rings. The topological polar surface area (TPSA) is 0 Å². The van der Waals surface area contributed by atoms with Crippen LogP contribution in [0.1, 0.15) is 69.5 Å². The Morgan fingerprint density at radius 2 is 0.942 bits per heavy atom. The molecule has 7 aromatic carbocycles. The van der Waals surface area contributed by atoms with E-state index in [9.17, 15) is 0 Å². The molecule has 0 bridgehead atoms. The minimum Gasteiger partial charge on any atom is -0.0622 e. The third-order valence-electron chi connectivity index (χ3n) is 10.8. The maximum Gasteiger partial charge on any atom is 0.0159 e. The van der Waals surface area contributed by atoms with Crippen LogP contribution in [0.2, 0.25) is 0 Å². The quantitative estimate of drug-likeness (QED) is 0.141. The van der Waals surface area contributed by atoms with E-state index in [0.29, 0.717) is 0 Å². The summed E-state index contributed by atoms with van der Waals surface area (Å²) in [6.07, 6.45) is 9.92. The third kappa shape index (κ3) is 6.73. The second-order valence-electron chi connectivity index (χ2n) is 14.8. The highest BCUT2D eigenvalue weighted by Gasteiger charge is 2.35. The molecule has 0 aromatic heterocycles. The van der Waals surface area contributed by atoms with Crippen molar-refractivity contribution in [3.63, 3.8) is 0 Å². The van der Waals surface area contributed by atoms with Crippen LogP contribution in [0.5, 0.6) is 0 Å². The molecule has 0 saturated carbocycles. The molecule has 1 aliphatic rings. The van der Waals surface area contributed by atoms with E-state index in [2.05, 4.69) is 210 Å². The minimum absolute atomic E-state index is 0.0292. The molecular weight excluding hydrogens is 625 g/mol. The average Bonchev–Trinajstić information content (AvgIpc) is 3.40. The Hall–Kier alpha value is -5.98. The lowest BCUT2D eigenvalue weighted by Gasteiger charge is -2.22. The van der Waals surface area contributed by atoms with E-state index >= 15 is 0 Å². The van der Waals surface area contributed by atoms with Crippen molar-refractivity contribution in [3.8, 4) is 33.4 Å². The van der Waals surface area contributed by atoms with E-state index in [4.69, 9.17) is 0 Å². The van der Waals surface area contributed by atoms with Crippen molar-refractivity contribution in [2.45, 2.75) is 39.5 Å². The lowest BCUT2D eigenvalue weighted by atomic mass is 9.81. The molecule has 0 fully saturated rings. The zero-order valence-electron chi connectivity index (χ0n) is 30.5. The lowest BCUT2D eigenvalue weighted by molar-refractivity contribution is 0.659. The molecule has 0 saturated heterocycles. The van der Waals surface area contributed by atoms with Crippen LogP contribution in [0.3, 0.4) is 0 Å². The van der Waals surface area contributed by atoms with Crippen molar-refractivity contribution < 1.29 is 0 Å². The van der Waals surface area contributed by atoms with Gasteiger partial charge in [0.2, 0.25) is 0 Å². The molecule has 0 nitrogen and oxygen atoms in total. The summed E-state index contributed by atoms with van der Waals surface area (Å²) in [6, 6.07) is 57.7. The predicted octanol–water partition coefficient (Wildman–Crippen LogP) is 13.9. The van der Waals surface area contributed by atoms with Gasteiger partial charge in [0.25, 0.3) is 0 Å². The van der Waals surface area contributed by atoms with Crippen LogP contribution in [0, 0.1) is 13.8 Å². The fraction of sp³-hybridized carbons (Fsp3) is 0.115. The predicted molar refractivity (Wildman–Crippen MR) is 224 cm³/mol. The maximum absolute atomic E-state index is 2.46. The summed E-state index contributed by atoms with van der Waals surface area (Å²) in [4.78, 5) is 0. The monoisotopic (exact) mass is 668 g/mol. The zero-order chi connectivity index (χ0) is 35.7. The Kier molecular flexibility index (Phi) is 8.91. The lowest BCUT2D eigenvalue weighted by Crippen LogP contribution is -2.15. The summed E-state index contributed by atoms with van der Waals surface area (Å²) in [5, 5.41) is 0. The summed E-state index contributed by atoms with van der Waals surface area (Å²) >= 11 is 0. The molecule has 0 atom stereocenters. The highest BCUT2D eigenvalue weighted by molar-refractivity contribution is 5.82. The van der Waals surface area contributed by atoms with Crippen LogP contribution < -0.4 is 0 Å². The number of aryl methyl sites for hydroxylation is 2. The van der Waals surface area contributed by atoms with Gasteiger partial charge in [-0.3, -0.25) is 0 Å². The van der Waals surface area contributed by atoms with E-state index in [-0.39, 0.29) is 5.41 Å². The van der Waals surface area contributed by atoms with Crippen LogP contribution in [0.4, 0.5) is 0 Å². The van der Waals surface area contributed by atoms with Crippen molar-refractivity contribution in [2.75, 3.05) is 0 Å². The molecule has 0 amide bonds. The van der Waals surface area contributed by atoms with Gasteiger partial charge in [-0.1, -0.05) is 201 Å². The molecule has 0 unspecified atom stereocenters. The van der Waals surface area contributed by atoms with Gasteiger partial charge in [0.15, 0.2) is 0 Å². The first-order valence-electron chi connectivity index (χ1n) is 18.4. The van der Waals surface area contributed by atoms with Crippen molar-refractivity contribution in [1.82, 2.24) is 0 Å². The Morgan fingerprint density at radius 3 is 1.52 bits per heavy atom. The van der Waals surface area contributed by atoms with Crippen LogP contribution >= 0.6 is 0 Å². The highest BCUT2D eigenvalue weighted by atomic mass is 14.4. The fourth-order valence-corrected chi connectivity index (χ4v) is 7.72. The smallest absolute Gasteiger partial charge is 0.0159 e. The molecule has 8 rings (SSSR count). The average molecular weight is 669 g/mol. The maximum atomic E-state index is 2.46. The van der Waals surface area contributed by atoms with Crippen molar-refractivity contribution in [2.24, 2.45) is 0 Å². The number of rotatable bonds is 8. The van der Waals surface area contributed by atoms with Crippen molar-refractivity contribution in [1.29, 1.82) is 0 Å². The number of benzene rings is 7. The molecule has 252 valence electrons. The summed E-state index contributed by atoms with van der Waals surface area (Å²) in [7, 11) is 0. The van der Waals surface area contributed by atoms with Gasteiger partial charge < -0.3 is 0 Å². The first kappa shape index (κ1) is 33.2. The normalized spacial score (nSPS) is 13.1. The number of hydrogen-bond donors (Lipinski definition) is 0. The van der Waals surface area contributed by atoms with Gasteiger partial charge in [0.1, 0.15) is 0 Å². The summed E-state index contributed by atoms with van der Waals surface area (Å²) in [6.45, 7) is 9.17. The molecule has 0 heteroatoms. The van der Waals surface area contributed by atoms with E-state index in [1.54, 1.807) is 0 Å². The molecule has 1 aliphatic carbocycles.